The summed E-state index contributed by atoms with van der Waals surface area (Å²) in [6.45, 7) is 1.90. The van der Waals surface area contributed by atoms with Gasteiger partial charge in [0.15, 0.2) is 0 Å². The van der Waals surface area contributed by atoms with Crippen molar-refractivity contribution in [3.05, 3.63) is 18.7 Å². The molecule has 1 unspecified atom stereocenters. The van der Waals surface area contributed by atoms with Crippen LogP contribution in [0.25, 0.3) is 0 Å². The van der Waals surface area contributed by atoms with Crippen molar-refractivity contribution in [1.82, 2.24) is 20.2 Å². The lowest BCUT2D eigenvalue weighted by molar-refractivity contribution is -0.145. The Hall–Kier alpha value is -2.26. The largest absolute Gasteiger partial charge is 0.376 e. The van der Waals surface area contributed by atoms with Gasteiger partial charge in [0.05, 0.1) is 44.4 Å². The molecule has 1 aromatic rings. The van der Waals surface area contributed by atoms with Gasteiger partial charge >= 0.3 is 6.03 Å². The maximum Gasteiger partial charge on any atom is 0.317 e. The van der Waals surface area contributed by atoms with Crippen molar-refractivity contribution in [3.8, 4) is 0 Å². The van der Waals surface area contributed by atoms with Gasteiger partial charge in [0, 0.05) is 12.6 Å². The Morgan fingerprint density at radius 2 is 2.08 bits per heavy atom. The first-order valence-corrected chi connectivity index (χ1v) is 8.48. The number of carbonyl (C=O) groups excluding carboxylic acids is 2. The number of hydrogen-bond donors (Lipinski definition) is 1. The van der Waals surface area contributed by atoms with Gasteiger partial charge in [-0.2, -0.15) is 0 Å². The Bertz CT molecular complexity index is 653. The van der Waals surface area contributed by atoms with Crippen LogP contribution in [0.15, 0.2) is 18.7 Å². The van der Waals surface area contributed by atoms with Crippen molar-refractivity contribution in [2.45, 2.75) is 24.5 Å². The summed E-state index contributed by atoms with van der Waals surface area (Å²) in [6, 6.07) is 0.196. The molecule has 1 aromatic heterocycles. The Kier molecular flexibility index (Phi) is 4.26. The predicted molar refractivity (Wildman–Crippen MR) is 87.0 cm³/mol. The molecule has 9 nitrogen and oxygen atoms in total. The fourth-order valence-corrected chi connectivity index (χ4v) is 3.14. The number of ether oxygens (including phenoxy) is 2. The van der Waals surface area contributed by atoms with Crippen LogP contribution in [0, 0.1) is 0 Å². The molecule has 2 saturated heterocycles. The fourth-order valence-electron chi connectivity index (χ4n) is 3.14. The van der Waals surface area contributed by atoms with E-state index in [1.54, 1.807) is 22.2 Å². The van der Waals surface area contributed by atoms with Crippen LogP contribution in [0.5, 0.6) is 0 Å². The van der Waals surface area contributed by atoms with Crippen molar-refractivity contribution < 1.29 is 19.1 Å². The molecule has 1 N–H and O–H groups in total. The van der Waals surface area contributed by atoms with Crippen molar-refractivity contribution >= 4 is 17.6 Å². The highest BCUT2D eigenvalue weighted by Crippen LogP contribution is 2.27. The molecule has 134 valence electrons. The van der Waals surface area contributed by atoms with Gasteiger partial charge in [0.1, 0.15) is 18.5 Å². The molecule has 3 heterocycles. The Labute approximate surface area is 145 Å². The number of rotatable bonds is 2. The summed E-state index contributed by atoms with van der Waals surface area (Å²) < 4.78 is 11.6. The molecule has 4 rings (SSSR count). The maximum atomic E-state index is 12.4. The molecule has 25 heavy (non-hydrogen) atoms. The molecule has 1 atom stereocenters. The third-order valence-electron chi connectivity index (χ3n) is 4.65. The molecule has 3 aliphatic rings. The lowest BCUT2D eigenvalue weighted by atomic mass is 10.0. The molecular weight excluding hydrogens is 326 g/mol. The van der Waals surface area contributed by atoms with Gasteiger partial charge < -0.3 is 24.6 Å². The molecule has 1 saturated carbocycles. The van der Waals surface area contributed by atoms with E-state index in [2.05, 4.69) is 15.3 Å². The zero-order valence-electron chi connectivity index (χ0n) is 13.9. The highest BCUT2D eigenvalue weighted by Gasteiger charge is 2.44. The van der Waals surface area contributed by atoms with E-state index >= 15 is 0 Å². The van der Waals surface area contributed by atoms with E-state index in [4.69, 9.17) is 9.47 Å². The van der Waals surface area contributed by atoms with Gasteiger partial charge in [-0.25, -0.2) is 14.8 Å². The Morgan fingerprint density at radius 1 is 1.28 bits per heavy atom. The van der Waals surface area contributed by atoms with Crippen LogP contribution < -0.4 is 10.2 Å². The number of urea groups is 1. The molecule has 3 amide bonds. The Balaban J connectivity index is 1.52. The number of nitrogens with one attached hydrogen (secondary N) is 1. The Morgan fingerprint density at radius 3 is 2.84 bits per heavy atom. The number of nitrogens with zero attached hydrogens (tertiary/aromatic N) is 4. The molecular formula is C16H21N5O4. The van der Waals surface area contributed by atoms with Crippen LogP contribution in [0.1, 0.15) is 12.8 Å². The maximum absolute atomic E-state index is 12.4. The second-order valence-corrected chi connectivity index (χ2v) is 6.75. The zero-order chi connectivity index (χ0) is 17.3. The molecule has 1 spiro atoms. The van der Waals surface area contributed by atoms with Gasteiger partial charge in [-0.15, -0.1) is 0 Å². The van der Waals surface area contributed by atoms with Crippen molar-refractivity contribution in [3.63, 3.8) is 0 Å². The summed E-state index contributed by atoms with van der Waals surface area (Å²) in [7, 11) is 0. The first kappa shape index (κ1) is 16.2. The van der Waals surface area contributed by atoms with Crippen LogP contribution in [-0.4, -0.2) is 77.9 Å². The number of aromatic nitrogens is 2. The van der Waals surface area contributed by atoms with Crippen LogP contribution in [-0.2, 0) is 14.3 Å². The van der Waals surface area contributed by atoms with E-state index in [0.717, 1.165) is 12.8 Å². The van der Waals surface area contributed by atoms with Crippen LogP contribution >= 0.6 is 0 Å². The van der Waals surface area contributed by atoms with E-state index in [9.17, 15) is 9.59 Å². The van der Waals surface area contributed by atoms with E-state index in [1.165, 1.54) is 6.33 Å². The molecule has 0 aromatic carbocycles. The van der Waals surface area contributed by atoms with Crippen LogP contribution in [0.2, 0.25) is 0 Å². The summed E-state index contributed by atoms with van der Waals surface area (Å²) >= 11 is 0. The summed E-state index contributed by atoms with van der Waals surface area (Å²) in [5.74, 6) is -0.154. The number of morpholine rings is 1. The van der Waals surface area contributed by atoms with Gasteiger partial charge in [-0.1, -0.05) is 0 Å². The smallest absolute Gasteiger partial charge is 0.317 e. The summed E-state index contributed by atoms with van der Waals surface area (Å²) in [5, 5.41) is 3.00. The van der Waals surface area contributed by atoms with E-state index in [0.29, 0.717) is 44.6 Å². The van der Waals surface area contributed by atoms with Gasteiger partial charge in [-0.3, -0.25) is 4.79 Å². The second kappa shape index (κ2) is 6.57. The first-order chi connectivity index (χ1) is 12.2. The van der Waals surface area contributed by atoms with E-state index in [-0.39, 0.29) is 18.5 Å². The monoisotopic (exact) mass is 347 g/mol. The summed E-state index contributed by atoms with van der Waals surface area (Å²) in [4.78, 5) is 36.0. The summed E-state index contributed by atoms with van der Waals surface area (Å²) in [5.41, 5.74) is -0.130. The predicted octanol–water partition coefficient (Wildman–Crippen LogP) is -0.217. The minimum absolute atomic E-state index is 0.0592. The van der Waals surface area contributed by atoms with Gasteiger partial charge in [0.25, 0.3) is 5.91 Å². The van der Waals surface area contributed by atoms with Gasteiger partial charge in [0.2, 0.25) is 0 Å². The van der Waals surface area contributed by atoms with Crippen molar-refractivity contribution in [2.24, 2.45) is 0 Å². The molecule has 0 bridgehead atoms. The first-order valence-electron chi connectivity index (χ1n) is 8.48. The van der Waals surface area contributed by atoms with E-state index < -0.39 is 5.60 Å². The average Bonchev–Trinajstić information content (AvgIpc) is 3.46. The second-order valence-electron chi connectivity index (χ2n) is 6.75. The lowest BCUT2D eigenvalue weighted by Crippen LogP contribution is -2.62. The fraction of sp³-hybridized carbons (Fsp3) is 0.625. The zero-order valence-corrected chi connectivity index (χ0v) is 13.9. The standard InChI is InChI=1S/C16H21N5O4/c22-14-7-25-16(9-21(14)13-5-17-11-18-6-13)8-20(3-4-24-10-16)15(23)19-12-1-2-12/h5-6,11-12H,1-4,7-10H2,(H,19,23). The third-order valence-corrected chi connectivity index (χ3v) is 4.65. The topological polar surface area (TPSA) is 96.9 Å². The SMILES string of the molecule is O=C(NC1CC1)N1CCOCC2(C1)CN(c1cncnc1)C(=O)CO2. The molecule has 9 heteroatoms. The minimum atomic E-state index is -0.749. The van der Waals surface area contributed by atoms with Crippen LogP contribution in [0.4, 0.5) is 10.5 Å². The normalized spacial score (nSPS) is 27.3. The number of anilines is 1. The van der Waals surface area contributed by atoms with Crippen molar-refractivity contribution in [2.75, 3.05) is 44.4 Å². The molecule has 1 aliphatic carbocycles. The summed E-state index contributed by atoms with van der Waals surface area (Å²) in [6.07, 6.45) is 6.68. The highest BCUT2D eigenvalue weighted by atomic mass is 16.6. The lowest BCUT2D eigenvalue weighted by Gasteiger charge is -2.42. The van der Waals surface area contributed by atoms with Crippen molar-refractivity contribution in [1.29, 1.82) is 0 Å². The third kappa shape index (κ3) is 3.57. The minimum Gasteiger partial charge on any atom is -0.376 e. The highest BCUT2D eigenvalue weighted by molar-refractivity contribution is 5.94. The molecule has 0 radical (unpaired) electrons. The quantitative estimate of drug-likeness (QED) is 0.795. The van der Waals surface area contributed by atoms with Crippen LogP contribution in [0.3, 0.4) is 0 Å². The number of carbonyl (C=O) groups is 2. The molecule has 2 aliphatic heterocycles. The average molecular weight is 347 g/mol. The molecule has 3 fully saturated rings. The number of hydrogen-bond acceptors (Lipinski definition) is 6. The van der Waals surface area contributed by atoms with E-state index in [1.807, 2.05) is 0 Å². The van der Waals surface area contributed by atoms with Gasteiger partial charge in [-0.05, 0) is 12.8 Å². The number of amides is 3.